The van der Waals surface area contributed by atoms with Crippen molar-refractivity contribution in [3.63, 3.8) is 0 Å². The van der Waals surface area contributed by atoms with Crippen molar-refractivity contribution >= 4 is 26.4 Å². The molecule has 152 valence electrons. The van der Waals surface area contributed by atoms with E-state index in [2.05, 4.69) is 23.7 Å². The number of fused-ring (bicyclic) bond motifs is 1. The lowest BCUT2D eigenvalue weighted by molar-refractivity contribution is 0.356. The van der Waals surface area contributed by atoms with Gasteiger partial charge in [-0.15, -0.1) is 0 Å². The first kappa shape index (κ1) is 19.7. The first-order valence-corrected chi connectivity index (χ1v) is 11.4. The number of rotatable bonds is 4. The van der Waals surface area contributed by atoms with Gasteiger partial charge in [-0.2, -0.15) is 0 Å². The molecule has 0 N–H and O–H groups in total. The molecular formula is C23H26N2O3S. The third-order valence-corrected chi connectivity index (χ3v) is 7.31. The fourth-order valence-electron chi connectivity index (χ4n) is 4.36. The fourth-order valence-corrected chi connectivity index (χ4v) is 5.82. The third kappa shape index (κ3) is 3.69. The summed E-state index contributed by atoms with van der Waals surface area (Å²) in [6.07, 6.45) is 2.65. The molecule has 0 aliphatic carbocycles. The van der Waals surface area contributed by atoms with Crippen LogP contribution in [0, 0.1) is 11.8 Å². The zero-order chi connectivity index (χ0) is 20.6. The molecule has 0 radical (unpaired) electrons. The first-order chi connectivity index (χ1) is 13.9. The van der Waals surface area contributed by atoms with E-state index in [1.807, 2.05) is 24.3 Å². The lowest BCUT2D eigenvalue weighted by atomic mass is 9.91. The Hall–Kier alpha value is -2.60. The normalized spacial score (nSPS) is 20.0. The highest BCUT2D eigenvalue weighted by atomic mass is 32.2. The van der Waals surface area contributed by atoms with Gasteiger partial charge in [0.05, 0.1) is 23.2 Å². The van der Waals surface area contributed by atoms with E-state index in [9.17, 15) is 8.42 Å². The molecule has 1 saturated heterocycles. The molecule has 0 saturated carbocycles. The molecule has 3 aromatic rings. The maximum Gasteiger partial charge on any atom is 0.210 e. The van der Waals surface area contributed by atoms with E-state index in [0.29, 0.717) is 17.6 Å². The van der Waals surface area contributed by atoms with E-state index in [1.54, 1.807) is 31.4 Å². The number of sulfone groups is 1. The van der Waals surface area contributed by atoms with E-state index in [-0.39, 0.29) is 9.79 Å². The van der Waals surface area contributed by atoms with Crippen molar-refractivity contribution in [1.29, 1.82) is 0 Å². The minimum Gasteiger partial charge on any atom is -0.497 e. The molecule has 0 unspecified atom stereocenters. The summed E-state index contributed by atoms with van der Waals surface area (Å²) in [5.41, 5.74) is 1.50. The van der Waals surface area contributed by atoms with Gasteiger partial charge < -0.3 is 9.64 Å². The van der Waals surface area contributed by atoms with Crippen LogP contribution in [0.5, 0.6) is 5.75 Å². The highest BCUT2D eigenvalue weighted by molar-refractivity contribution is 7.91. The van der Waals surface area contributed by atoms with Gasteiger partial charge in [0.15, 0.2) is 0 Å². The second-order valence-electron chi connectivity index (χ2n) is 8.02. The SMILES string of the molecule is COc1ccc2ncc(S(=O)(=O)c3ccccc3)c(N3C[C@H](C)C[C@@H](C)C3)c2c1. The van der Waals surface area contributed by atoms with Crippen LogP contribution in [0.15, 0.2) is 64.5 Å². The highest BCUT2D eigenvalue weighted by Gasteiger charge is 2.30. The second-order valence-corrected chi connectivity index (χ2v) is 9.94. The number of piperidine rings is 1. The molecule has 2 aromatic carbocycles. The van der Waals surface area contributed by atoms with Crippen LogP contribution in [0.2, 0.25) is 0 Å². The quantitative estimate of drug-likeness (QED) is 0.631. The molecular weight excluding hydrogens is 384 g/mol. The van der Waals surface area contributed by atoms with Gasteiger partial charge in [-0.1, -0.05) is 32.0 Å². The van der Waals surface area contributed by atoms with Gasteiger partial charge in [-0.3, -0.25) is 4.98 Å². The maximum atomic E-state index is 13.6. The van der Waals surface area contributed by atoms with Crippen LogP contribution in [-0.2, 0) is 9.84 Å². The number of anilines is 1. The zero-order valence-electron chi connectivity index (χ0n) is 17.0. The minimum absolute atomic E-state index is 0.255. The van der Waals surface area contributed by atoms with E-state index < -0.39 is 9.84 Å². The van der Waals surface area contributed by atoms with Gasteiger partial charge in [-0.25, -0.2) is 8.42 Å². The lowest BCUT2D eigenvalue weighted by Crippen LogP contribution is -2.39. The molecule has 0 amide bonds. The van der Waals surface area contributed by atoms with Gasteiger partial charge >= 0.3 is 0 Å². The largest absolute Gasteiger partial charge is 0.497 e. The van der Waals surface area contributed by atoms with Crippen molar-refractivity contribution in [2.24, 2.45) is 11.8 Å². The molecule has 29 heavy (non-hydrogen) atoms. The monoisotopic (exact) mass is 410 g/mol. The Kier molecular flexibility index (Phi) is 5.21. The first-order valence-electron chi connectivity index (χ1n) is 9.92. The van der Waals surface area contributed by atoms with Crippen LogP contribution in [-0.4, -0.2) is 33.6 Å². The summed E-state index contributed by atoms with van der Waals surface area (Å²) >= 11 is 0. The van der Waals surface area contributed by atoms with Crippen LogP contribution in [0.1, 0.15) is 20.3 Å². The lowest BCUT2D eigenvalue weighted by Gasteiger charge is -2.38. The predicted molar refractivity (Wildman–Crippen MR) is 115 cm³/mol. The van der Waals surface area contributed by atoms with E-state index in [4.69, 9.17) is 4.74 Å². The van der Waals surface area contributed by atoms with Gasteiger partial charge in [0, 0.05) is 24.7 Å². The van der Waals surface area contributed by atoms with Crippen molar-refractivity contribution in [1.82, 2.24) is 4.98 Å². The molecule has 0 bridgehead atoms. The number of nitrogens with zero attached hydrogens (tertiary/aromatic N) is 2. The standard InChI is InChI=1S/C23H26N2O3S/c1-16-11-17(2)15-25(14-16)23-20-12-18(28-3)9-10-21(20)24-13-22(23)29(26,27)19-7-5-4-6-8-19/h4-10,12-13,16-17H,11,14-15H2,1-3H3/t16-,17-/m1/s1. The van der Waals surface area contributed by atoms with Gasteiger partial charge in [0.2, 0.25) is 9.84 Å². The minimum atomic E-state index is -3.71. The van der Waals surface area contributed by atoms with Crippen LogP contribution >= 0.6 is 0 Å². The average molecular weight is 411 g/mol. The Morgan fingerprint density at radius 3 is 2.38 bits per heavy atom. The number of ether oxygens (including phenoxy) is 1. The summed E-state index contributed by atoms with van der Waals surface area (Å²) in [5.74, 6) is 1.66. The van der Waals surface area contributed by atoms with Crippen LogP contribution in [0.4, 0.5) is 5.69 Å². The molecule has 4 rings (SSSR count). The van der Waals surface area contributed by atoms with Crippen molar-refractivity contribution in [2.75, 3.05) is 25.1 Å². The Morgan fingerprint density at radius 2 is 1.72 bits per heavy atom. The topological polar surface area (TPSA) is 59.5 Å². The van der Waals surface area contributed by atoms with E-state index in [1.165, 1.54) is 6.20 Å². The zero-order valence-corrected chi connectivity index (χ0v) is 17.8. The highest BCUT2D eigenvalue weighted by Crippen LogP contribution is 2.39. The van der Waals surface area contributed by atoms with Gasteiger partial charge in [0.1, 0.15) is 10.6 Å². The van der Waals surface area contributed by atoms with E-state index in [0.717, 1.165) is 36.1 Å². The van der Waals surface area contributed by atoms with Gasteiger partial charge in [-0.05, 0) is 48.6 Å². The molecule has 2 atom stereocenters. The molecule has 1 aliphatic heterocycles. The number of methoxy groups -OCH3 is 1. The van der Waals surface area contributed by atoms with Crippen LogP contribution in [0.25, 0.3) is 10.9 Å². The third-order valence-electron chi connectivity index (χ3n) is 5.54. The molecule has 1 aromatic heterocycles. The predicted octanol–water partition coefficient (Wildman–Crippen LogP) is 4.56. The number of pyridine rings is 1. The Balaban J connectivity index is 1.99. The molecule has 6 heteroatoms. The van der Waals surface area contributed by atoms with Crippen molar-refractivity contribution in [3.05, 3.63) is 54.7 Å². The smallest absolute Gasteiger partial charge is 0.210 e. The van der Waals surface area contributed by atoms with Gasteiger partial charge in [0.25, 0.3) is 0 Å². The summed E-state index contributed by atoms with van der Waals surface area (Å²) in [6, 6.07) is 14.2. The summed E-state index contributed by atoms with van der Waals surface area (Å²) < 4.78 is 32.5. The number of benzene rings is 2. The summed E-state index contributed by atoms with van der Waals surface area (Å²) in [4.78, 5) is 7.24. The molecule has 1 fully saturated rings. The van der Waals surface area contributed by atoms with Crippen molar-refractivity contribution in [3.8, 4) is 5.75 Å². The second kappa shape index (κ2) is 7.67. The maximum absolute atomic E-state index is 13.6. The average Bonchev–Trinajstić information content (AvgIpc) is 2.72. The molecule has 2 heterocycles. The van der Waals surface area contributed by atoms with Crippen LogP contribution in [0.3, 0.4) is 0 Å². The number of aromatic nitrogens is 1. The summed E-state index contributed by atoms with van der Waals surface area (Å²) in [7, 11) is -2.09. The number of hydrogen-bond donors (Lipinski definition) is 0. The van der Waals surface area contributed by atoms with Crippen molar-refractivity contribution < 1.29 is 13.2 Å². The number of hydrogen-bond acceptors (Lipinski definition) is 5. The van der Waals surface area contributed by atoms with E-state index >= 15 is 0 Å². The fraction of sp³-hybridized carbons (Fsp3) is 0.348. The molecule has 0 spiro atoms. The summed E-state index contributed by atoms with van der Waals surface area (Å²) in [5, 5.41) is 0.808. The Labute approximate surface area is 172 Å². The molecule has 5 nitrogen and oxygen atoms in total. The van der Waals surface area contributed by atoms with Crippen molar-refractivity contribution in [2.45, 2.75) is 30.1 Å². The summed E-state index contributed by atoms with van der Waals surface area (Å²) in [6.45, 7) is 6.08. The Morgan fingerprint density at radius 1 is 1.03 bits per heavy atom. The van der Waals surface area contributed by atoms with Crippen LogP contribution < -0.4 is 9.64 Å². The molecule has 1 aliphatic rings. The Bertz CT molecular complexity index is 1120.